The Morgan fingerprint density at radius 3 is 2.79 bits per heavy atom. The topological polar surface area (TPSA) is 111 Å². The quantitative estimate of drug-likeness (QED) is 0.772. The number of benzene rings is 1. The third kappa shape index (κ3) is 4.55. The lowest BCUT2D eigenvalue weighted by Crippen LogP contribution is -2.42. The number of nitrogens with one attached hydrogen (secondary N) is 2. The SMILES string of the molecule is O=C(COC(=O)CCc1nc2ccccc2o1)NC(=O)NC1CC1. The summed E-state index contributed by atoms with van der Waals surface area (Å²) in [5.74, 6) is -0.792. The van der Waals surface area contributed by atoms with E-state index in [0.717, 1.165) is 18.4 Å². The molecular formula is C16H17N3O5. The minimum Gasteiger partial charge on any atom is -0.456 e. The summed E-state index contributed by atoms with van der Waals surface area (Å²) in [6.07, 6.45) is 2.16. The van der Waals surface area contributed by atoms with Gasteiger partial charge in [0, 0.05) is 12.5 Å². The maximum atomic E-state index is 11.6. The van der Waals surface area contributed by atoms with Gasteiger partial charge in [-0.3, -0.25) is 14.9 Å². The Morgan fingerprint density at radius 2 is 2.04 bits per heavy atom. The van der Waals surface area contributed by atoms with Gasteiger partial charge in [-0.1, -0.05) is 12.1 Å². The summed E-state index contributed by atoms with van der Waals surface area (Å²) in [6, 6.07) is 6.88. The molecule has 8 nitrogen and oxygen atoms in total. The molecular weight excluding hydrogens is 314 g/mol. The smallest absolute Gasteiger partial charge is 0.321 e. The van der Waals surface area contributed by atoms with Gasteiger partial charge in [0.25, 0.3) is 5.91 Å². The maximum Gasteiger partial charge on any atom is 0.321 e. The first-order valence-corrected chi connectivity index (χ1v) is 7.70. The second-order valence-corrected chi connectivity index (χ2v) is 5.53. The van der Waals surface area contributed by atoms with Crippen LogP contribution in [0, 0.1) is 0 Å². The number of nitrogens with zero attached hydrogens (tertiary/aromatic N) is 1. The van der Waals surface area contributed by atoms with Crippen molar-refractivity contribution in [3.8, 4) is 0 Å². The molecule has 0 aliphatic heterocycles. The summed E-state index contributed by atoms with van der Waals surface area (Å²) in [6.45, 7) is -0.496. The molecule has 0 spiro atoms. The first kappa shape index (κ1) is 16.0. The fraction of sp³-hybridized carbons (Fsp3) is 0.375. The number of aryl methyl sites for hydroxylation is 1. The zero-order chi connectivity index (χ0) is 16.9. The van der Waals surface area contributed by atoms with E-state index in [1.165, 1.54) is 0 Å². The van der Waals surface area contributed by atoms with Gasteiger partial charge in [-0.2, -0.15) is 0 Å². The Morgan fingerprint density at radius 1 is 1.25 bits per heavy atom. The molecule has 1 fully saturated rings. The third-order valence-corrected chi connectivity index (χ3v) is 3.41. The van der Waals surface area contributed by atoms with Crippen LogP contribution >= 0.6 is 0 Å². The second-order valence-electron chi connectivity index (χ2n) is 5.53. The fourth-order valence-corrected chi connectivity index (χ4v) is 2.07. The number of hydrogen-bond acceptors (Lipinski definition) is 6. The van der Waals surface area contributed by atoms with Crippen LogP contribution in [0.4, 0.5) is 4.79 Å². The number of esters is 1. The summed E-state index contributed by atoms with van der Waals surface area (Å²) in [7, 11) is 0. The zero-order valence-corrected chi connectivity index (χ0v) is 12.9. The van der Waals surface area contributed by atoms with Crippen LogP contribution in [0.2, 0.25) is 0 Å². The van der Waals surface area contributed by atoms with E-state index in [2.05, 4.69) is 15.6 Å². The summed E-state index contributed by atoms with van der Waals surface area (Å²) in [5, 5.41) is 4.70. The third-order valence-electron chi connectivity index (χ3n) is 3.41. The summed E-state index contributed by atoms with van der Waals surface area (Å²) in [4.78, 5) is 38.7. The highest BCUT2D eigenvalue weighted by atomic mass is 16.5. The molecule has 1 heterocycles. The van der Waals surface area contributed by atoms with Crippen LogP contribution in [0.1, 0.15) is 25.2 Å². The predicted octanol–water partition coefficient (Wildman–Crippen LogP) is 1.29. The molecule has 0 saturated heterocycles. The molecule has 126 valence electrons. The molecule has 3 rings (SSSR count). The van der Waals surface area contributed by atoms with Crippen molar-refractivity contribution in [1.29, 1.82) is 0 Å². The largest absolute Gasteiger partial charge is 0.456 e. The van der Waals surface area contributed by atoms with Gasteiger partial charge in [-0.25, -0.2) is 9.78 Å². The number of aromatic nitrogens is 1. The Bertz CT molecular complexity index is 733. The Labute approximate surface area is 137 Å². The normalized spacial score (nSPS) is 13.5. The van der Waals surface area contributed by atoms with Crippen LogP contribution in [-0.2, 0) is 20.7 Å². The van der Waals surface area contributed by atoms with Gasteiger partial charge in [0.15, 0.2) is 18.1 Å². The van der Waals surface area contributed by atoms with Gasteiger partial charge in [0.2, 0.25) is 0 Å². The molecule has 1 aliphatic carbocycles. The number of urea groups is 1. The van der Waals surface area contributed by atoms with Crippen molar-refractivity contribution in [3.63, 3.8) is 0 Å². The lowest BCUT2D eigenvalue weighted by atomic mass is 10.3. The number of imide groups is 1. The van der Waals surface area contributed by atoms with Crippen molar-refractivity contribution in [2.75, 3.05) is 6.61 Å². The monoisotopic (exact) mass is 331 g/mol. The highest BCUT2D eigenvalue weighted by molar-refractivity contribution is 5.95. The minimum atomic E-state index is -0.664. The molecule has 1 aromatic carbocycles. The van der Waals surface area contributed by atoms with E-state index >= 15 is 0 Å². The van der Waals surface area contributed by atoms with Crippen molar-refractivity contribution in [1.82, 2.24) is 15.6 Å². The van der Waals surface area contributed by atoms with Crippen LogP contribution in [-0.4, -0.2) is 35.5 Å². The number of hydrogen-bond donors (Lipinski definition) is 2. The Balaban J connectivity index is 1.37. The first-order chi connectivity index (χ1) is 11.6. The van der Waals surface area contributed by atoms with E-state index in [4.69, 9.17) is 9.15 Å². The number of carbonyl (C=O) groups is 3. The second kappa shape index (κ2) is 7.12. The summed E-state index contributed by atoms with van der Waals surface area (Å²) >= 11 is 0. The molecule has 3 amide bonds. The predicted molar refractivity (Wildman–Crippen MR) is 83.0 cm³/mol. The molecule has 1 aromatic heterocycles. The van der Waals surface area contributed by atoms with E-state index in [-0.39, 0.29) is 18.9 Å². The molecule has 2 aromatic rings. The zero-order valence-electron chi connectivity index (χ0n) is 12.9. The lowest BCUT2D eigenvalue weighted by Gasteiger charge is -2.06. The van der Waals surface area contributed by atoms with E-state index < -0.39 is 24.5 Å². The molecule has 1 aliphatic rings. The standard InChI is InChI=1S/C16H17N3O5/c20-13(19-16(22)17-10-5-6-10)9-23-15(21)8-7-14-18-11-3-1-2-4-12(11)24-14/h1-4,10H,5-9H2,(H2,17,19,20,22). The Hall–Kier alpha value is -2.90. The van der Waals surface area contributed by atoms with Gasteiger partial charge in [0.05, 0.1) is 6.42 Å². The number of amides is 3. The van der Waals surface area contributed by atoms with Crippen LogP contribution in [0.25, 0.3) is 11.1 Å². The maximum absolute atomic E-state index is 11.6. The molecule has 0 radical (unpaired) electrons. The molecule has 0 unspecified atom stereocenters. The number of para-hydroxylation sites is 2. The summed E-state index contributed by atoms with van der Waals surface area (Å²) < 4.78 is 10.3. The van der Waals surface area contributed by atoms with Crippen LogP contribution in [0.15, 0.2) is 28.7 Å². The number of rotatable bonds is 6. The van der Waals surface area contributed by atoms with E-state index in [9.17, 15) is 14.4 Å². The van der Waals surface area contributed by atoms with Gasteiger partial charge < -0.3 is 14.5 Å². The van der Waals surface area contributed by atoms with Crippen molar-refractivity contribution < 1.29 is 23.5 Å². The molecule has 0 atom stereocenters. The number of ether oxygens (including phenoxy) is 1. The molecule has 8 heteroatoms. The van der Waals surface area contributed by atoms with E-state index in [1.807, 2.05) is 18.2 Å². The molecule has 0 bridgehead atoms. The summed E-state index contributed by atoms with van der Waals surface area (Å²) in [5.41, 5.74) is 1.38. The fourth-order valence-electron chi connectivity index (χ4n) is 2.07. The van der Waals surface area contributed by atoms with Crippen LogP contribution < -0.4 is 10.6 Å². The van der Waals surface area contributed by atoms with Gasteiger partial charge in [0.1, 0.15) is 5.52 Å². The highest BCUT2D eigenvalue weighted by Crippen LogP contribution is 2.18. The number of carbonyl (C=O) groups excluding carboxylic acids is 3. The van der Waals surface area contributed by atoms with Gasteiger partial charge in [-0.05, 0) is 25.0 Å². The van der Waals surface area contributed by atoms with E-state index in [1.54, 1.807) is 6.07 Å². The average Bonchev–Trinajstić information content (AvgIpc) is 3.26. The lowest BCUT2D eigenvalue weighted by molar-refractivity contribution is -0.148. The highest BCUT2D eigenvalue weighted by Gasteiger charge is 2.24. The van der Waals surface area contributed by atoms with Crippen LogP contribution in [0.3, 0.4) is 0 Å². The number of oxazole rings is 1. The first-order valence-electron chi connectivity index (χ1n) is 7.70. The van der Waals surface area contributed by atoms with Gasteiger partial charge in [-0.15, -0.1) is 0 Å². The van der Waals surface area contributed by atoms with Gasteiger partial charge >= 0.3 is 12.0 Å². The van der Waals surface area contributed by atoms with Crippen molar-refractivity contribution in [2.45, 2.75) is 31.7 Å². The number of fused-ring (bicyclic) bond motifs is 1. The minimum absolute atomic E-state index is 0.0361. The average molecular weight is 331 g/mol. The molecule has 1 saturated carbocycles. The molecule has 24 heavy (non-hydrogen) atoms. The van der Waals surface area contributed by atoms with Crippen molar-refractivity contribution in [2.24, 2.45) is 0 Å². The Kier molecular flexibility index (Phi) is 4.74. The van der Waals surface area contributed by atoms with Crippen LogP contribution in [0.5, 0.6) is 0 Å². The van der Waals surface area contributed by atoms with E-state index in [0.29, 0.717) is 11.5 Å². The van der Waals surface area contributed by atoms with Crippen molar-refractivity contribution in [3.05, 3.63) is 30.2 Å². The van der Waals surface area contributed by atoms with Crippen molar-refractivity contribution >= 4 is 29.0 Å². The molecule has 2 N–H and O–H groups in total.